The summed E-state index contributed by atoms with van der Waals surface area (Å²) in [5.41, 5.74) is 0.670. The Kier molecular flexibility index (Phi) is 4.53. The molecule has 4 amide bonds. The zero-order valence-electron chi connectivity index (χ0n) is 15.5. The first-order valence-electron chi connectivity index (χ1n) is 9.25. The molecule has 0 radical (unpaired) electrons. The second kappa shape index (κ2) is 6.77. The Labute approximate surface area is 161 Å². The summed E-state index contributed by atoms with van der Waals surface area (Å²) >= 11 is 0. The van der Waals surface area contributed by atoms with Gasteiger partial charge in [-0.05, 0) is 31.2 Å². The van der Waals surface area contributed by atoms with E-state index in [0.29, 0.717) is 26.2 Å². The molecule has 1 unspecified atom stereocenters. The lowest BCUT2D eigenvalue weighted by Gasteiger charge is -2.46. The molecule has 9 nitrogen and oxygen atoms in total. The maximum atomic E-state index is 12.8. The van der Waals surface area contributed by atoms with Crippen LogP contribution in [0.3, 0.4) is 0 Å². The predicted molar refractivity (Wildman–Crippen MR) is 97.3 cm³/mol. The minimum atomic E-state index is -0.958. The predicted octanol–water partition coefficient (Wildman–Crippen LogP) is -1.15. The number of nitrogens with one attached hydrogen (secondary N) is 2. The van der Waals surface area contributed by atoms with Crippen LogP contribution in [0.4, 0.5) is 0 Å². The van der Waals surface area contributed by atoms with Gasteiger partial charge in [-0.2, -0.15) is 0 Å². The summed E-state index contributed by atoms with van der Waals surface area (Å²) in [6.07, 6.45) is 0.236. The number of piperidine rings is 1. The van der Waals surface area contributed by atoms with Gasteiger partial charge in [0.05, 0.1) is 11.1 Å². The van der Waals surface area contributed by atoms with Gasteiger partial charge in [0.1, 0.15) is 11.6 Å². The van der Waals surface area contributed by atoms with E-state index in [1.165, 1.54) is 0 Å². The van der Waals surface area contributed by atoms with Crippen LogP contribution in [-0.2, 0) is 16.1 Å². The minimum Gasteiger partial charge on any atom is -0.386 e. The molecule has 3 N–H and O–H groups in total. The quantitative estimate of drug-likeness (QED) is 0.547. The number of likely N-dealkylation sites (N-methyl/N-ethyl adjacent to an activating group) is 1. The molecule has 3 aliphatic rings. The van der Waals surface area contributed by atoms with Gasteiger partial charge in [-0.3, -0.25) is 34.3 Å². The molecular formula is C19H22N4O5. The van der Waals surface area contributed by atoms with Crippen LogP contribution < -0.4 is 10.6 Å². The van der Waals surface area contributed by atoms with Crippen LogP contribution in [0.5, 0.6) is 0 Å². The van der Waals surface area contributed by atoms with E-state index in [1.54, 1.807) is 25.2 Å². The maximum Gasteiger partial charge on any atom is 0.262 e. The van der Waals surface area contributed by atoms with Crippen molar-refractivity contribution in [1.82, 2.24) is 20.4 Å². The number of rotatable bonds is 5. The van der Waals surface area contributed by atoms with E-state index >= 15 is 0 Å². The van der Waals surface area contributed by atoms with E-state index in [9.17, 15) is 24.3 Å². The number of β-amino-alcohol motifs (C(OH)–C–C–N with tert-alkyl or cyclic N) is 1. The molecule has 1 atom stereocenters. The fourth-order valence-corrected chi connectivity index (χ4v) is 4.21. The highest BCUT2D eigenvalue weighted by Crippen LogP contribution is 2.29. The van der Waals surface area contributed by atoms with E-state index < -0.39 is 35.3 Å². The summed E-state index contributed by atoms with van der Waals surface area (Å²) < 4.78 is 0. The van der Waals surface area contributed by atoms with Gasteiger partial charge < -0.3 is 10.4 Å². The van der Waals surface area contributed by atoms with Gasteiger partial charge in [-0.15, -0.1) is 0 Å². The first-order chi connectivity index (χ1) is 13.3. The van der Waals surface area contributed by atoms with Crippen molar-refractivity contribution in [3.8, 4) is 0 Å². The second-order valence-electron chi connectivity index (χ2n) is 7.73. The third-order valence-corrected chi connectivity index (χ3v) is 5.45. The molecule has 2 saturated heterocycles. The van der Waals surface area contributed by atoms with Crippen LogP contribution in [0.25, 0.3) is 0 Å². The van der Waals surface area contributed by atoms with Crippen molar-refractivity contribution in [2.45, 2.75) is 31.0 Å². The van der Waals surface area contributed by atoms with Crippen LogP contribution in [0.15, 0.2) is 18.2 Å². The summed E-state index contributed by atoms with van der Waals surface area (Å²) in [6, 6.07) is 4.11. The molecule has 0 saturated carbocycles. The number of fused-ring (bicyclic) bond motifs is 1. The molecule has 1 aromatic rings. The smallest absolute Gasteiger partial charge is 0.262 e. The van der Waals surface area contributed by atoms with Gasteiger partial charge in [0.15, 0.2) is 0 Å². The highest BCUT2D eigenvalue weighted by Gasteiger charge is 2.45. The third-order valence-electron chi connectivity index (χ3n) is 5.45. The van der Waals surface area contributed by atoms with Crippen LogP contribution in [0.2, 0.25) is 0 Å². The van der Waals surface area contributed by atoms with E-state index in [-0.39, 0.29) is 24.0 Å². The van der Waals surface area contributed by atoms with Gasteiger partial charge in [0, 0.05) is 32.6 Å². The maximum absolute atomic E-state index is 12.8. The number of aliphatic hydroxyl groups is 1. The van der Waals surface area contributed by atoms with E-state index in [2.05, 4.69) is 15.5 Å². The van der Waals surface area contributed by atoms with Gasteiger partial charge in [0.2, 0.25) is 11.8 Å². The molecule has 3 aliphatic heterocycles. The lowest BCUT2D eigenvalue weighted by molar-refractivity contribution is -0.136. The van der Waals surface area contributed by atoms with E-state index in [4.69, 9.17) is 0 Å². The van der Waals surface area contributed by atoms with Crippen molar-refractivity contribution in [3.05, 3.63) is 34.9 Å². The Morgan fingerprint density at radius 3 is 2.57 bits per heavy atom. The number of hydrogen-bond donors (Lipinski definition) is 3. The Morgan fingerprint density at radius 1 is 1.18 bits per heavy atom. The van der Waals surface area contributed by atoms with Gasteiger partial charge >= 0.3 is 0 Å². The number of hydrogen-bond acceptors (Lipinski definition) is 7. The molecule has 9 heteroatoms. The minimum absolute atomic E-state index is 0.0968. The standard InChI is InChI=1S/C19H22N4O5/c1-20-8-19(28)9-22(10-19)7-11-2-3-12-13(6-11)18(27)23(17(12)26)14-4-5-15(24)21-16(14)25/h2-3,6,14,20,28H,4-5,7-10H2,1H3,(H,21,24,25). The molecule has 1 aromatic carbocycles. The molecule has 0 bridgehead atoms. The highest BCUT2D eigenvalue weighted by molar-refractivity contribution is 6.23. The number of benzene rings is 1. The van der Waals surface area contributed by atoms with Crippen molar-refractivity contribution < 1.29 is 24.3 Å². The molecule has 3 heterocycles. The van der Waals surface area contributed by atoms with Crippen LogP contribution in [0.1, 0.15) is 39.1 Å². The topological polar surface area (TPSA) is 119 Å². The zero-order valence-corrected chi connectivity index (χ0v) is 15.5. The number of imide groups is 2. The Bertz CT molecular complexity index is 877. The molecule has 2 fully saturated rings. The summed E-state index contributed by atoms with van der Waals surface area (Å²) in [5.74, 6) is -2.02. The summed E-state index contributed by atoms with van der Waals surface area (Å²) in [7, 11) is 1.79. The molecule has 0 aromatic heterocycles. The van der Waals surface area contributed by atoms with Crippen molar-refractivity contribution in [1.29, 1.82) is 0 Å². The van der Waals surface area contributed by atoms with Crippen LogP contribution >= 0.6 is 0 Å². The lowest BCUT2D eigenvalue weighted by Crippen LogP contribution is -2.65. The molecular weight excluding hydrogens is 364 g/mol. The van der Waals surface area contributed by atoms with E-state index in [0.717, 1.165) is 10.5 Å². The van der Waals surface area contributed by atoms with Gasteiger partial charge in [-0.25, -0.2) is 0 Å². The van der Waals surface area contributed by atoms with Gasteiger partial charge in [-0.1, -0.05) is 6.07 Å². The molecule has 28 heavy (non-hydrogen) atoms. The monoisotopic (exact) mass is 386 g/mol. The number of likely N-dealkylation sites (tertiary alicyclic amines) is 1. The Hall–Kier alpha value is -2.62. The highest BCUT2D eigenvalue weighted by atomic mass is 16.3. The SMILES string of the molecule is CNCC1(O)CN(Cc2ccc3c(c2)C(=O)N(C2CCC(=O)NC2=O)C3=O)C1. The fraction of sp³-hybridized carbons (Fsp3) is 0.474. The van der Waals surface area contributed by atoms with Gasteiger partial charge in [0.25, 0.3) is 11.8 Å². The molecule has 0 aliphatic carbocycles. The Morgan fingerprint density at radius 2 is 1.89 bits per heavy atom. The van der Waals surface area contributed by atoms with E-state index in [1.807, 2.05) is 0 Å². The number of carbonyl (C=O) groups is 4. The molecule has 0 spiro atoms. The summed E-state index contributed by atoms with van der Waals surface area (Å²) in [5, 5.41) is 15.4. The second-order valence-corrected chi connectivity index (χ2v) is 7.73. The lowest BCUT2D eigenvalue weighted by atomic mass is 9.93. The third kappa shape index (κ3) is 3.11. The van der Waals surface area contributed by atoms with Crippen molar-refractivity contribution in [3.63, 3.8) is 0 Å². The number of nitrogens with zero attached hydrogens (tertiary/aromatic N) is 2. The van der Waals surface area contributed by atoms with Crippen molar-refractivity contribution in [2.75, 3.05) is 26.7 Å². The van der Waals surface area contributed by atoms with Crippen LogP contribution in [0, 0.1) is 0 Å². The average Bonchev–Trinajstić information content (AvgIpc) is 2.85. The first-order valence-corrected chi connectivity index (χ1v) is 9.25. The number of carbonyl (C=O) groups excluding carboxylic acids is 4. The van der Waals surface area contributed by atoms with Crippen molar-refractivity contribution in [2.24, 2.45) is 0 Å². The first kappa shape index (κ1) is 18.7. The summed E-state index contributed by atoms with van der Waals surface area (Å²) in [4.78, 5) is 52.0. The molecule has 4 rings (SSSR count). The summed E-state index contributed by atoms with van der Waals surface area (Å²) in [6.45, 7) is 2.13. The fourth-order valence-electron chi connectivity index (χ4n) is 4.21. The normalized spacial score (nSPS) is 24.2. The average molecular weight is 386 g/mol. The zero-order chi connectivity index (χ0) is 20.1. The largest absolute Gasteiger partial charge is 0.386 e. The Balaban J connectivity index is 1.49. The van der Waals surface area contributed by atoms with Crippen LogP contribution in [-0.4, -0.2) is 76.9 Å². The van der Waals surface area contributed by atoms with Crippen molar-refractivity contribution >= 4 is 23.6 Å². The molecule has 148 valence electrons. The number of amides is 4.